The van der Waals surface area contributed by atoms with Gasteiger partial charge in [-0.2, -0.15) is 5.10 Å². The highest BCUT2D eigenvalue weighted by Crippen LogP contribution is 2.14. The number of nitrogens with one attached hydrogen (secondary N) is 1. The number of nitrogens with two attached hydrogens (primary N) is 1. The highest BCUT2D eigenvalue weighted by molar-refractivity contribution is 5.85. The number of non-ortho nitro benzene ring substituents is 1. The van der Waals surface area contributed by atoms with Crippen molar-refractivity contribution in [2.75, 3.05) is 12.0 Å². The Balaban J connectivity index is 0.00000196. The van der Waals surface area contributed by atoms with Crippen LogP contribution in [0, 0.1) is 10.1 Å². The molecule has 0 saturated carbocycles. The lowest BCUT2D eigenvalue weighted by Gasteiger charge is -1.98. The Morgan fingerprint density at radius 2 is 2.07 bits per heavy atom. The molecular weight excluding hydrogens is 220 g/mol. The standard InChI is InChI=1S/C8H10N4O2.ClH/c9-5-6-10-11-7-1-3-8(4-2-7)12(13)14;/h1-4,6,11H,5,9H2;1H/b10-6+;. The van der Waals surface area contributed by atoms with Crippen molar-refractivity contribution >= 4 is 30.0 Å². The van der Waals surface area contributed by atoms with E-state index in [1.165, 1.54) is 18.3 Å². The summed E-state index contributed by atoms with van der Waals surface area (Å²) in [5.41, 5.74) is 8.59. The second-order valence-electron chi connectivity index (χ2n) is 2.46. The van der Waals surface area contributed by atoms with Crippen LogP contribution in [0.2, 0.25) is 0 Å². The number of nitro groups is 1. The predicted molar refractivity (Wildman–Crippen MR) is 61.5 cm³/mol. The molecule has 0 bridgehead atoms. The smallest absolute Gasteiger partial charge is 0.269 e. The fraction of sp³-hybridized carbons (Fsp3) is 0.125. The zero-order chi connectivity index (χ0) is 10.4. The zero-order valence-corrected chi connectivity index (χ0v) is 8.61. The van der Waals surface area contributed by atoms with Gasteiger partial charge in [-0.3, -0.25) is 15.5 Å². The van der Waals surface area contributed by atoms with Crippen LogP contribution >= 0.6 is 12.4 Å². The minimum absolute atomic E-state index is 0. The normalized spacial score (nSPS) is 9.67. The summed E-state index contributed by atoms with van der Waals surface area (Å²) >= 11 is 0. The number of nitrogens with zero attached hydrogens (tertiary/aromatic N) is 2. The van der Waals surface area contributed by atoms with E-state index in [4.69, 9.17) is 5.73 Å². The maximum Gasteiger partial charge on any atom is 0.269 e. The highest BCUT2D eigenvalue weighted by atomic mass is 35.5. The van der Waals surface area contributed by atoms with E-state index < -0.39 is 4.92 Å². The Hall–Kier alpha value is -1.66. The van der Waals surface area contributed by atoms with E-state index in [0.717, 1.165) is 0 Å². The topological polar surface area (TPSA) is 93.5 Å². The molecule has 15 heavy (non-hydrogen) atoms. The van der Waals surface area contributed by atoms with Crippen LogP contribution in [-0.2, 0) is 0 Å². The molecule has 0 spiro atoms. The summed E-state index contributed by atoms with van der Waals surface area (Å²) < 4.78 is 0. The SMILES string of the molecule is Cl.NC/C=N/Nc1ccc([N+](=O)[O-])cc1. The van der Waals surface area contributed by atoms with E-state index in [1.54, 1.807) is 12.1 Å². The van der Waals surface area contributed by atoms with Crippen LogP contribution in [0.5, 0.6) is 0 Å². The summed E-state index contributed by atoms with van der Waals surface area (Å²) in [6.07, 6.45) is 1.50. The van der Waals surface area contributed by atoms with E-state index in [-0.39, 0.29) is 18.1 Å². The molecule has 0 aliphatic heterocycles. The lowest BCUT2D eigenvalue weighted by Crippen LogP contribution is -2.01. The van der Waals surface area contributed by atoms with Gasteiger partial charge in [-0.15, -0.1) is 12.4 Å². The van der Waals surface area contributed by atoms with Crippen molar-refractivity contribution < 1.29 is 4.92 Å². The summed E-state index contributed by atoms with van der Waals surface area (Å²) in [5, 5.41) is 14.1. The molecule has 0 heterocycles. The van der Waals surface area contributed by atoms with Gasteiger partial charge in [0, 0.05) is 24.9 Å². The summed E-state index contributed by atoms with van der Waals surface area (Å²) in [7, 11) is 0. The molecule has 0 saturated heterocycles. The minimum atomic E-state index is -0.451. The van der Waals surface area contributed by atoms with Gasteiger partial charge in [0.05, 0.1) is 10.6 Å². The summed E-state index contributed by atoms with van der Waals surface area (Å²) in [6, 6.07) is 5.96. The lowest BCUT2D eigenvalue weighted by molar-refractivity contribution is -0.384. The highest BCUT2D eigenvalue weighted by Gasteiger charge is 2.02. The molecule has 1 aromatic rings. The molecule has 1 rings (SSSR count). The van der Waals surface area contributed by atoms with Crippen molar-refractivity contribution in [3.8, 4) is 0 Å². The maximum atomic E-state index is 10.3. The largest absolute Gasteiger partial charge is 0.326 e. The van der Waals surface area contributed by atoms with Crippen molar-refractivity contribution in [2.24, 2.45) is 10.8 Å². The van der Waals surface area contributed by atoms with Gasteiger partial charge in [0.1, 0.15) is 0 Å². The molecule has 3 N–H and O–H groups in total. The molecule has 82 valence electrons. The first-order valence-electron chi connectivity index (χ1n) is 3.96. The number of anilines is 1. The van der Waals surface area contributed by atoms with Crippen molar-refractivity contribution in [3.05, 3.63) is 34.4 Å². The molecule has 0 aromatic heterocycles. The fourth-order valence-electron chi connectivity index (χ4n) is 0.831. The van der Waals surface area contributed by atoms with Crippen molar-refractivity contribution in [3.63, 3.8) is 0 Å². The Morgan fingerprint density at radius 3 is 2.53 bits per heavy atom. The Kier molecular flexibility index (Phi) is 6.00. The number of hydrazone groups is 1. The molecule has 0 aliphatic rings. The van der Waals surface area contributed by atoms with E-state index in [9.17, 15) is 10.1 Å². The van der Waals surface area contributed by atoms with Crippen LogP contribution in [0.4, 0.5) is 11.4 Å². The quantitative estimate of drug-likeness (QED) is 0.464. The lowest BCUT2D eigenvalue weighted by atomic mass is 10.3. The molecule has 0 amide bonds. The average Bonchev–Trinajstić information content (AvgIpc) is 2.19. The van der Waals surface area contributed by atoms with Crippen LogP contribution in [-0.4, -0.2) is 17.7 Å². The predicted octanol–water partition coefficient (Wildman–Crippen LogP) is 1.37. The molecule has 7 heteroatoms. The second-order valence-corrected chi connectivity index (χ2v) is 2.46. The monoisotopic (exact) mass is 230 g/mol. The molecule has 0 aliphatic carbocycles. The van der Waals surface area contributed by atoms with E-state index in [2.05, 4.69) is 10.5 Å². The number of rotatable bonds is 4. The molecule has 0 atom stereocenters. The first kappa shape index (κ1) is 13.3. The zero-order valence-electron chi connectivity index (χ0n) is 7.79. The molecule has 6 nitrogen and oxygen atoms in total. The summed E-state index contributed by atoms with van der Waals surface area (Å²) in [6.45, 7) is 0.347. The fourth-order valence-corrected chi connectivity index (χ4v) is 0.831. The minimum Gasteiger partial charge on any atom is -0.326 e. The molecule has 0 fully saturated rings. The van der Waals surface area contributed by atoms with Gasteiger partial charge in [0.25, 0.3) is 5.69 Å². The van der Waals surface area contributed by atoms with Gasteiger partial charge in [-0.25, -0.2) is 0 Å². The third kappa shape index (κ3) is 4.39. The molecule has 0 radical (unpaired) electrons. The van der Waals surface area contributed by atoms with Gasteiger partial charge >= 0.3 is 0 Å². The van der Waals surface area contributed by atoms with Crippen LogP contribution < -0.4 is 11.2 Å². The number of hydrogen-bond acceptors (Lipinski definition) is 5. The van der Waals surface area contributed by atoms with E-state index >= 15 is 0 Å². The number of benzene rings is 1. The van der Waals surface area contributed by atoms with Crippen LogP contribution in [0.25, 0.3) is 0 Å². The Morgan fingerprint density at radius 1 is 1.47 bits per heavy atom. The summed E-state index contributed by atoms with van der Waals surface area (Å²) in [5.74, 6) is 0. The van der Waals surface area contributed by atoms with Gasteiger partial charge in [-0.1, -0.05) is 0 Å². The van der Waals surface area contributed by atoms with E-state index in [1.807, 2.05) is 0 Å². The third-order valence-corrected chi connectivity index (χ3v) is 1.47. The maximum absolute atomic E-state index is 10.3. The van der Waals surface area contributed by atoms with E-state index in [0.29, 0.717) is 12.2 Å². The van der Waals surface area contributed by atoms with Gasteiger partial charge in [-0.05, 0) is 12.1 Å². The van der Waals surface area contributed by atoms with Crippen LogP contribution in [0.15, 0.2) is 29.4 Å². The Bertz CT molecular complexity index is 339. The molecule has 0 unspecified atom stereocenters. The average molecular weight is 231 g/mol. The van der Waals surface area contributed by atoms with Crippen LogP contribution in [0.1, 0.15) is 0 Å². The molecule has 1 aromatic carbocycles. The van der Waals surface area contributed by atoms with Crippen molar-refractivity contribution in [2.45, 2.75) is 0 Å². The van der Waals surface area contributed by atoms with Crippen LogP contribution in [0.3, 0.4) is 0 Å². The summed E-state index contributed by atoms with van der Waals surface area (Å²) in [4.78, 5) is 9.86. The van der Waals surface area contributed by atoms with Gasteiger partial charge in [0.15, 0.2) is 0 Å². The second kappa shape index (κ2) is 6.74. The number of nitro benzene ring substituents is 1. The third-order valence-electron chi connectivity index (χ3n) is 1.47. The van der Waals surface area contributed by atoms with Crippen molar-refractivity contribution in [1.82, 2.24) is 0 Å². The number of halogens is 1. The first-order valence-corrected chi connectivity index (χ1v) is 3.96. The Labute approximate surface area is 92.7 Å². The number of hydrogen-bond donors (Lipinski definition) is 2. The van der Waals surface area contributed by atoms with Gasteiger partial charge < -0.3 is 5.73 Å². The molecular formula is C8H11ClN4O2. The van der Waals surface area contributed by atoms with Gasteiger partial charge in [0.2, 0.25) is 0 Å². The first-order chi connectivity index (χ1) is 6.74. The van der Waals surface area contributed by atoms with Crippen molar-refractivity contribution in [1.29, 1.82) is 0 Å².